The first kappa shape index (κ1) is 25.2. The summed E-state index contributed by atoms with van der Waals surface area (Å²) in [5.41, 5.74) is 13.7. The van der Waals surface area contributed by atoms with Gasteiger partial charge in [-0.05, 0) is 118 Å². The number of benzene rings is 7. The third-order valence-electron chi connectivity index (χ3n) is 10.9. The van der Waals surface area contributed by atoms with Gasteiger partial charge in [-0.25, -0.2) is 0 Å². The van der Waals surface area contributed by atoms with Crippen LogP contribution in [0.5, 0.6) is 0 Å². The zero-order valence-corrected chi connectivity index (χ0v) is 25.5. The van der Waals surface area contributed by atoms with Crippen LogP contribution in [0.4, 0.5) is 0 Å². The summed E-state index contributed by atoms with van der Waals surface area (Å²) in [4.78, 5) is 0. The third kappa shape index (κ3) is 3.48. The monoisotopic (exact) mass is 572 g/mol. The Morgan fingerprint density at radius 1 is 0.444 bits per heavy atom. The Labute approximate surface area is 263 Å². The van der Waals surface area contributed by atoms with Crippen molar-refractivity contribution in [1.82, 2.24) is 0 Å². The Morgan fingerprint density at radius 2 is 1.07 bits per heavy atom. The van der Waals surface area contributed by atoms with Gasteiger partial charge in [0, 0.05) is 17.3 Å². The minimum Gasteiger partial charge on any atom is -0.0682 e. The summed E-state index contributed by atoms with van der Waals surface area (Å²) in [6.45, 7) is 4.75. The molecule has 0 heterocycles. The first-order chi connectivity index (χ1) is 22.0. The normalized spacial score (nSPS) is 18.1. The first-order valence-electron chi connectivity index (χ1n) is 16.2. The van der Waals surface area contributed by atoms with Crippen LogP contribution < -0.4 is 10.4 Å². The molecule has 0 spiro atoms. The molecule has 2 atom stereocenters. The quantitative estimate of drug-likeness (QED) is 0.193. The summed E-state index contributed by atoms with van der Waals surface area (Å²) < 4.78 is 0. The minimum absolute atomic E-state index is 0.0226. The zero-order valence-electron chi connectivity index (χ0n) is 25.5. The highest BCUT2D eigenvalue weighted by Crippen LogP contribution is 2.53. The van der Waals surface area contributed by atoms with Crippen molar-refractivity contribution >= 4 is 33.7 Å². The van der Waals surface area contributed by atoms with Gasteiger partial charge in [-0.2, -0.15) is 0 Å². The summed E-state index contributed by atoms with van der Waals surface area (Å²) in [5.74, 6) is 0.659. The van der Waals surface area contributed by atoms with Crippen LogP contribution in [-0.2, 0) is 5.41 Å². The van der Waals surface area contributed by atoms with E-state index in [1.165, 1.54) is 87.6 Å². The van der Waals surface area contributed by atoms with Crippen molar-refractivity contribution in [3.63, 3.8) is 0 Å². The molecule has 7 aromatic carbocycles. The molecule has 2 unspecified atom stereocenters. The highest BCUT2D eigenvalue weighted by Gasteiger charge is 2.36. The number of hydrogen-bond acceptors (Lipinski definition) is 0. The lowest BCUT2D eigenvalue weighted by Crippen LogP contribution is -2.29. The molecule has 3 aliphatic carbocycles. The average Bonchev–Trinajstić information content (AvgIpc) is 3.51. The lowest BCUT2D eigenvalue weighted by Gasteiger charge is -2.22. The molecule has 0 amide bonds. The average molecular weight is 573 g/mol. The molecule has 0 saturated heterocycles. The third-order valence-corrected chi connectivity index (χ3v) is 10.9. The summed E-state index contributed by atoms with van der Waals surface area (Å²) in [6.07, 6.45) is 5.05. The molecular formula is C45H32. The summed E-state index contributed by atoms with van der Waals surface area (Å²) >= 11 is 0. The van der Waals surface area contributed by atoms with Crippen LogP contribution in [0.2, 0.25) is 0 Å². The van der Waals surface area contributed by atoms with Gasteiger partial charge in [0.05, 0.1) is 0 Å². The Morgan fingerprint density at radius 3 is 1.89 bits per heavy atom. The largest absolute Gasteiger partial charge is 0.0682 e. The van der Waals surface area contributed by atoms with Crippen molar-refractivity contribution in [3.05, 3.63) is 166 Å². The molecular weight excluding hydrogens is 540 g/mol. The molecule has 0 N–H and O–H groups in total. The van der Waals surface area contributed by atoms with Crippen molar-refractivity contribution < 1.29 is 0 Å². The van der Waals surface area contributed by atoms with E-state index < -0.39 is 0 Å². The molecule has 3 aliphatic rings. The van der Waals surface area contributed by atoms with Crippen LogP contribution >= 0.6 is 0 Å². The Hall–Kier alpha value is -5.20. The number of rotatable bonds is 2. The second-order valence-corrected chi connectivity index (χ2v) is 13.7. The molecule has 7 aromatic rings. The van der Waals surface area contributed by atoms with Gasteiger partial charge < -0.3 is 0 Å². The van der Waals surface area contributed by atoms with Crippen molar-refractivity contribution in [1.29, 1.82) is 0 Å². The summed E-state index contributed by atoms with van der Waals surface area (Å²) in [7, 11) is 0. The van der Waals surface area contributed by atoms with Crippen LogP contribution in [0.1, 0.15) is 47.9 Å². The van der Waals surface area contributed by atoms with Gasteiger partial charge in [0.25, 0.3) is 0 Å². The summed E-state index contributed by atoms with van der Waals surface area (Å²) in [5, 5.41) is 8.06. The molecule has 0 aliphatic heterocycles. The van der Waals surface area contributed by atoms with Gasteiger partial charge >= 0.3 is 0 Å². The van der Waals surface area contributed by atoms with Crippen molar-refractivity contribution in [2.24, 2.45) is 0 Å². The predicted octanol–water partition coefficient (Wildman–Crippen LogP) is 10.1. The maximum atomic E-state index is 2.53. The first-order valence-corrected chi connectivity index (χ1v) is 16.2. The van der Waals surface area contributed by atoms with E-state index in [0.29, 0.717) is 11.8 Å². The van der Waals surface area contributed by atoms with Gasteiger partial charge in [-0.15, -0.1) is 0 Å². The number of hydrogen-bond donors (Lipinski definition) is 0. The van der Waals surface area contributed by atoms with Gasteiger partial charge in [0.15, 0.2) is 0 Å². The highest BCUT2D eigenvalue weighted by molar-refractivity contribution is 6.04. The van der Waals surface area contributed by atoms with Crippen LogP contribution in [0.25, 0.3) is 67.1 Å². The van der Waals surface area contributed by atoms with Gasteiger partial charge in [-0.3, -0.25) is 0 Å². The fourth-order valence-corrected chi connectivity index (χ4v) is 8.77. The molecule has 0 aromatic heterocycles. The van der Waals surface area contributed by atoms with Crippen LogP contribution in [-0.4, -0.2) is 0 Å². The topological polar surface area (TPSA) is 0 Å². The highest BCUT2D eigenvalue weighted by atomic mass is 14.4. The van der Waals surface area contributed by atoms with Gasteiger partial charge in [-0.1, -0.05) is 129 Å². The van der Waals surface area contributed by atoms with E-state index in [-0.39, 0.29) is 5.41 Å². The smallest absolute Gasteiger partial charge is 0.0159 e. The molecule has 0 radical (unpaired) electrons. The molecule has 10 rings (SSSR count). The predicted molar refractivity (Wildman–Crippen MR) is 190 cm³/mol. The van der Waals surface area contributed by atoms with E-state index in [1.807, 2.05) is 0 Å². The SMILES string of the molecule is CC1(C)c2ccccc2-c2ccc(-c3cc4c5c(cc(-c6cccc7ccccc67)cc5c3)C3C=c5ccccc5=CC43)cc21. The van der Waals surface area contributed by atoms with E-state index in [0.717, 1.165) is 0 Å². The van der Waals surface area contributed by atoms with Crippen LogP contribution in [0.15, 0.2) is 133 Å². The molecule has 0 heteroatoms. The van der Waals surface area contributed by atoms with Crippen molar-refractivity contribution in [3.8, 4) is 33.4 Å². The van der Waals surface area contributed by atoms with Crippen LogP contribution in [0.3, 0.4) is 0 Å². The maximum Gasteiger partial charge on any atom is 0.0159 e. The maximum absolute atomic E-state index is 2.53. The molecule has 212 valence electrons. The molecule has 0 fully saturated rings. The van der Waals surface area contributed by atoms with Crippen molar-refractivity contribution in [2.45, 2.75) is 31.1 Å². The lowest BCUT2D eigenvalue weighted by atomic mass is 9.81. The molecule has 0 bridgehead atoms. The van der Waals surface area contributed by atoms with E-state index in [9.17, 15) is 0 Å². The Balaban J connectivity index is 1.23. The molecule has 45 heavy (non-hydrogen) atoms. The van der Waals surface area contributed by atoms with E-state index >= 15 is 0 Å². The van der Waals surface area contributed by atoms with Gasteiger partial charge in [0.1, 0.15) is 0 Å². The fraction of sp³-hybridized carbons (Fsp3) is 0.111. The van der Waals surface area contributed by atoms with Gasteiger partial charge in [0.2, 0.25) is 0 Å². The standard InChI is InChI=1S/C45H32/c1-45(2)42-17-8-7-15-36(42)37-19-18-30(26-43(37)45)31-20-33-21-32(35-16-9-13-27-10-5-6-14-34(27)35)25-41-39-23-29-12-4-3-11-28(29)22-38(39)40(24-31)44(33)41/h3-26,38-39H,1-2H3. The van der Waals surface area contributed by atoms with E-state index in [4.69, 9.17) is 0 Å². The lowest BCUT2D eigenvalue weighted by molar-refractivity contribution is 0.660. The Bertz CT molecular complexity index is 2520. The zero-order chi connectivity index (χ0) is 29.9. The second kappa shape index (κ2) is 8.93. The van der Waals surface area contributed by atoms with E-state index in [1.54, 1.807) is 0 Å². The molecule has 0 nitrogen and oxygen atoms in total. The second-order valence-electron chi connectivity index (χ2n) is 13.7. The van der Waals surface area contributed by atoms with Crippen LogP contribution in [0, 0.1) is 0 Å². The minimum atomic E-state index is -0.0226. The Kier molecular flexibility index (Phi) is 4.99. The molecule has 0 saturated carbocycles. The van der Waals surface area contributed by atoms with Crippen molar-refractivity contribution in [2.75, 3.05) is 0 Å². The fourth-order valence-electron chi connectivity index (χ4n) is 8.77. The van der Waals surface area contributed by atoms with E-state index in [2.05, 4.69) is 159 Å². The number of fused-ring (bicyclic) bond motifs is 8. The summed E-state index contributed by atoms with van der Waals surface area (Å²) in [6, 6.07) is 50.4.